The molecular formula is C14H21NO2. The van der Waals surface area contributed by atoms with E-state index in [0.717, 1.165) is 24.2 Å². The second-order valence-electron chi connectivity index (χ2n) is 4.36. The van der Waals surface area contributed by atoms with Gasteiger partial charge >= 0.3 is 5.97 Å². The number of hydrogen-bond donors (Lipinski definition) is 0. The van der Waals surface area contributed by atoms with Gasteiger partial charge in [0.25, 0.3) is 0 Å². The molecule has 17 heavy (non-hydrogen) atoms. The minimum Gasteiger partial charge on any atom is -0.462 e. The Morgan fingerprint density at radius 1 is 1.35 bits per heavy atom. The van der Waals surface area contributed by atoms with Gasteiger partial charge in [0.05, 0.1) is 17.9 Å². The third-order valence-electron chi connectivity index (χ3n) is 2.53. The number of aromatic nitrogens is 1. The van der Waals surface area contributed by atoms with Crippen LogP contribution in [0.4, 0.5) is 0 Å². The Hall–Kier alpha value is -1.38. The van der Waals surface area contributed by atoms with Gasteiger partial charge in [0.2, 0.25) is 0 Å². The van der Waals surface area contributed by atoms with Crippen molar-refractivity contribution >= 4 is 5.97 Å². The Kier molecular flexibility index (Phi) is 5.13. The van der Waals surface area contributed by atoms with Gasteiger partial charge in [-0.15, -0.1) is 0 Å². The number of carbonyl (C=O) groups excluding carboxylic acids is 1. The van der Waals surface area contributed by atoms with Gasteiger partial charge in [-0.3, -0.25) is 4.98 Å². The number of nitrogens with zero attached hydrogens (tertiary/aromatic N) is 1. The maximum absolute atomic E-state index is 11.8. The molecule has 1 aromatic rings. The maximum atomic E-state index is 11.8. The summed E-state index contributed by atoms with van der Waals surface area (Å²) in [6.45, 7) is 8.41. The second-order valence-corrected chi connectivity index (χ2v) is 4.36. The molecule has 0 aliphatic carbocycles. The van der Waals surface area contributed by atoms with E-state index in [1.807, 2.05) is 32.9 Å². The van der Waals surface area contributed by atoms with Crippen LogP contribution in [0.25, 0.3) is 0 Å². The highest BCUT2D eigenvalue weighted by Gasteiger charge is 2.16. The molecule has 0 aromatic carbocycles. The van der Waals surface area contributed by atoms with Gasteiger partial charge in [0, 0.05) is 5.69 Å². The standard InChI is InChI=1S/C14H21NO2/c1-5-7-11-8-9-12(14(16)17-6-2)13(15-11)10(3)4/h8-10H,5-7H2,1-4H3. The number of aryl methyl sites for hydroxylation is 1. The minimum atomic E-state index is -0.272. The molecule has 0 amide bonds. The first kappa shape index (κ1) is 13.7. The molecule has 94 valence electrons. The number of ether oxygens (including phenoxy) is 1. The highest BCUT2D eigenvalue weighted by molar-refractivity contribution is 5.90. The van der Waals surface area contributed by atoms with Gasteiger partial charge in [0.1, 0.15) is 0 Å². The lowest BCUT2D eigenvalue weighted by Crippen LogP contribution is -2.11. The van der Waals surface area contributed by atoms with Crippen molar-refractivity contribution in [3.8, 4) is 0 Å². The molecule has 1 aromatic heterocycles. The number of hydrogen-bond acceptors (Lipinski definition) is 3. The molecule has 3 nitrogen and oxygen atoms in total. The predicted molar refractivity (Wildman–Crippen MR) is 68.3 cm³/mol. The molecule has 0 spiro atoms. The molecule has 0 bridgehead atoms. The summed E-state index contributed by atoms with van der Waals surface area (Å²) in [6, 6.07) is 3.76. The van der Waals surface area contributed by atoms with Crippen molar-refractivity contribution in [1.29, 1.82) is 0 Å². The normalized spacial score (nSPS) is 10.6. The Balaban J connectivity index is 3.08. The predicted octanol–water partition coefficient (Wildman–Crippen LogP) is 3.33. The smallest absolute Gasteiger partial charge is 0.339 e. The van der Waals surface area contributed by atoms with E-state index in [9.17, 15) is 4.79 Å². The SMILES string of the molecule is CCCc1ccc(C(=O)OCC)c(C(C)C)n1. The highest BCUT2D eigenvalue weighted by Crippen LogP contribution is 2.19. The van der Waals surface area contributed by atoms with Crippen LogP contribution >= 0.6 is 0 Å². The lowest BCUT2D eigenvalue weighted by molar-refractivity contribution is 0.0524. The Morgan fingerprint density at radius 3 is 2.59 bits per heavy atom. The molecule has 1 heterocycles. The van der Waals surface area contributed by atoms with Crippen molar-refractivity contribution in [1.82, 2.24) is 4.98 Å². The number of carbonyl (C=O) groups is 1. The zero-order chi connectivity index (χ0) is 12.8. The van der Waals surface area contributed by atoms with Crippen LogP contribution in [0.2, 0.25) is 0 Å². The van der Waals surface area contributed by atoms with E-state index in [2.05, 4.69) is 11.9 Å². The van der Waals surface area contributed by atoms with Crippen LogP contribution in [0.1, 0.15) is 61.8 Å². The first-order valence-electron chi connectivity index (χ1n) is 6.27. The fourth-order valence-electron chi connectivity index (χ4n) is 1.73. The van der Waals surface area contributed by atoms with Gasteiger partial charge in [-0.25, -0.2) is 4.79 Å². The topological polar surface area (TPSA) is 39.2 Å². The Morgan fingerprint density at radius 2 is 2.06 bits per heavy atom. The van der Waals surface area contributed by atoms with Crippen molar-refractivity contribution < 1.29 is 9.53 Å². The van der Waals surface area contributed by atoms with E-state index in [-0.39, 0.29) is 11.9 Å². The van der Waals surface area contributed by atoms with E-state index >= 15 is 0 Å². The van der Waals surface area contributed by atoms with Crippen LogP contribution in [-0.2, 0) is 11.2 Å². The van der Waals surface area contributed by atoms with Crippen LogP contribution in [0.15, 0.2) is 12.1 Å². The fraction of sp³-hybridized carbons (Fsp3) is 0.571. The first-order valence-corrected chi connectivity index (χ1v) is 6.27. The van der Waals surface area contributed by atoms with Gasteiger partial charge in [-0.05, 0) is 31.4 Å². The summed E-state index contributed by atoms with van der Waals surface area (Å²) in [6.07, 6.45) is 2.01. The summed E-state index contributed by atoms with van der Waals surface area (Å²) in [5, 5.41) is 0. The molecule has 0 aliphatic rings. The summed E-state index contributed by atoms with van der Waals surface area (Å²) in [7, 11) is 0. The molecule has 3 heteroatoms. The van der Waals surface area contributed by atoms with Gasteiger partial charge in [-0.1, -0.05) is 27.2 Å². The molecule has 0 unspecified atom stereocenters. The van der Waals surface area contributed by atoms with Gasteiger partial charge < -0.3 is 4.74 Å². The zero-order valence-corrected chi connectivity index (χ0v) is 11.1. The van der Waals surface area contributed by atoms with E-state index < -0.39 is 0 Å². The van der Waals surface area contributed by atoms with E-state index in [4.69, 9.17) is 4.74 Å². The van der Waals surface area contributed by atoms with Crippen molar-refractivity contribution in [3.05, 3.63) is 29.1 Å². The molecule has 0 saturated carbocycles. The third kappa shape index (κ3) is 3.55. The van der Waals surface area contributed by atoms with Gasteiger partial charge in [0.15, 0.2) is 0 Å². The van der Waals surface area contributed by atoms with Crippen LogP contribution in [0.3, 0.4) is 0 Å². The Bertz CT molecular complexity index is 386. The summed E-state index contributed by atoms with van der Waals surface area (Å²) in [4.78, 5) is 16.3. The lowest BCUT2D eigenvalue weighted by atomic mass is 10.0. The molecule has 0 saturated heterocycles. The third-order valence-corrected chi connectivity index (χ3v) is 2.53. The number of esters is 1. The molecule has 0 fully saturated rings. The molecule has 0 radical (unpaired) electrons. The molecule has 1 rings (SSSR count). The van der Waals surface area contributed by atoms with Crippen molar-refractivity contribution in [2.75, 3.05) is 6.61 Å². The van der Waals surface area contributed by atoms with Crippen LogP contribution in [0.5, 0.6) is 0 Å². The highest BCUT2D eigenvalue weighted by atomic mass is 16.5. The van der Waals surface area contributed by atoms with Crippen molar-refractivity contribution in [2.24, 2.45) is 0 Å². The maximum Gasteiger partial charge on any atom is 0.339 e. The summed E-state index contributed by atoms with van der Waals surface area (Å²) < 4.78 is 5.04. The average Bonchev–Trinajstić information content (AvgIpc) is 2.29. The van der Waals surface area contributed by atoms with Gasteiger partial charge in [-0.2, -0.15) is 0 Å². The summed E-state index contributed by atoms with van der Waals surface area (Å²) in [5.41, 5.74) is 2.49. The summed E-state index contributed by atoms with van der Waals surface area (Å²) in [5.74, 6) is -0.0436. The summed E-state index contributed by atoms with van der Waals surface area (Å²) >= 11 is 0. The Labute approximate surface area is 103 Å². The van der Waals surface area contributed by atoms with Crippen molar-refractivity contribution in [3.63, 3.8) is 0 Å². The first-order chi connectivity index (χ1) is 8.10. The largest absolute Gasteiger partial charge is 0.462 e. The van der Waals surface area contributed by atoms with E-state index in [1.165, 1.54) is 0 Å². The van der Waals surface area contributed by atoms with Crippen molar-refractivity contribution in [2.45, 2.75) is 46.5 Å². The zero-order valence-electron chi connectivity index (χ0n) is 11.1. The number of rotatable bonds is 5. The fourth-order valence-corrected chi connectivity index (χ4v) is 1.73. The molecule has 0 aliphatic heterocycles. The van der Waals surface area contributed by atoms with E-state index in [0.29, 0.717) is 12.2 Å². The second kappa shape index (κ2) is 6.38. The molecule has 0 atom stereocenters. The van der Waals surface area contributed by atoms with E-state index in [1.54, 1.807) is 0 Å². The van der Waals surface area contributed by atoms with Crippen LogP contribution in [0, 0.1) is 0 Å². The average molecular weight is 235 g/mol. The quantitative estimate of drug-likeness (QED) is 0.735. The molecular weight excluding hydrogens is 214 g/mol. The van der Waals surface area contributed by atoms with Crippen LogP contribution in [-0.4, -0.2) is 17.6 Å². The number of pyridine rings is 1. The monoisotopic (exact) mass is 235 g/mol. The van der Waals surface area contributed by atoms with Crippen LogP contribution < -0.4 is 0 Å². The molecule has 0 N–H and O–H groups in total. The lowest BCUT2D eigenvalue weighted by Gasteiger charge is -2.12. The minimum absolute atomic E-state index is 0.228.